The molecule has 0 unspecified atom stereocenters. The minimum atomic E-state index is -3.09. The number of halogens is 2. The smallest absolute Gasteiger partial charge is 0.292 e. The Bertz CT molecular complexity index is 1660. The van der Waals surface area contributed by atoms with E-state index in [-0.39, 0.29) is 18.1 Å². The lowest BCUT2D eigenvalue weighted by atomic mass is 9.97. The lowest BCUT2D eigenvalue weighted by Gasteiger charge is -2.11. The van der Waals surface area contributed by atoms with Gasteiger partial charge in [0.05, 0.1) is 12.7 Å². The summed E-state index contributed by atoms with van der Waals surface area (Å²) in [6, 6.07) is 15.2. The van der Waals surface area contributed by atoms with Crippen LogP contribution in [0.5, 0.6) is 0 Å². The molecule has 0 aliphatic heterocycles. The van der Waals surface area contributed by atoms with E-state index in [4.69, 9.17) is 4.98 Å². The van der Waals surface area contributed by atoms with Gasteiger partial charge in [-0.3, -0.25) is 9.13 Å². The maximum atomic E-state index is 13.7. The van der Waals surface area contributed by atoms with Gasteiger partial charge in [-0.25, -0.2) is 24.4 Å². The van der Waals surface area contributed by atoms with Gasteiger partial charge in [0.1, 0.15) is 5.52 Å². The van der Waals surface area contributed by atoms with Crippen molar-refractivity contribution in [2.24, 2.45) is 14.1 Å². The molecule has 0 spiro atoms. The Morgan fingerprint density at radius 2 is 1.68 bits per heavy atom. The van der Waals surface area contributed by atoms with E-state index in [0.717, 1.165) is 28.3 Å². The van der Waals surface area contributed by atoms with Crippen LogP contribution in [-0.4, -0.2) is 33.9 Å². The van der Waals surface area contributed by atoms with Gasteiger partial charge in [-0.05, 0) is 17.0 Å². The number of rotatable bonds is 6. The molecule has 190 valence electrons. The number of alkyl halides is 2. The van der Waals surface area contributed by atoms with Crippen molar-refractivity contribution in [2.45, 2.75) is 39.2 Å². The Morgan fingerprint density at radius 1 is 0.973 bits per heavy atom. The molecule has 3 aromatic heterocycles. The molecule has 0 aliphatic carbocycles. The van der Waals surface area contributed by atoms with E-state index in [1.165, 1.54) is 11.6 Å². The van der Waals surface area contributed by atoms with Crippen LogP contribution in [0.3, 0.4) is 0 Å². The van der Waals surface area contributed by atoms with Gasteiger partial charge in [0.25, 0.3) is 0 Å². The highest BCUT2D eigenvalue weighted by atomic mass is 19.3. The summed E-state index contributed by atoms with van der Waals surface area (Å²) in [4.78, 5) is 26.5. The second-order valence-electron chi connectivity index (χ2n) is 9.54. The summed E-state index contributed by atoms with van der Waals surface area (Å²) in [6.45, 7) is 5.32. The van der Waals surface area contributed by atoms with Gasteiger partial charge >= 0.3 is 11.6 Å². The molecule has 2 aromatic carbocycles. The van der Waals surface area contributed by atoms with Crippen molar-refractivity contribution in [3.8, 4) is 22.8 Å². The van der Waals surface area contributed by atoms with Crippen molar-refractivity contribution in [3.63, 3.8) is 0 Å². The van der Waals surface area contributed by atoms with E-state index in [1.54, 1.807) is 29.9 Å². The largest absolute Gasteiger partial charge is 0.330 e. The van der Waals surface area contributed by atoms with Crippen LogP contribution >= 0.6 is 0 Å². The Balaban J connectivity index is 1.51. The van der Waals surface area contributed by atoms with Gasteiger partial charge in [0.2, 0.25) is 0 Å². The van der Waals surface area contributed by atoms with E-state index in [1.807, 2.05) is 30.3 Å². The molecule has 37 heavy (non-hydrogen) atoms. The SMILES string of the molecule is CC(C)c1ccccc1-c1ncc2c(n1)n(Cc1ccc(-c3nc(C(C)(F)F)n(C)n3)cc1)c(=O)n2C. The molecule has 10 heteroatoms. The van der Waals surface area contributed by atoms with E-state index in [2.05, 4.69) is 35.0 Å². The fraction of sp³-hybridized carbons (Fsp3) is 0.296. The number of aromatic nitrogens is 7. The summed E-state index contributed by atoms with van der Waals surface area (Å²) in [5.41, 5.74) is 4.50. The van der Waals surface area contributed by atoms with Crippen LogP contribution < -0.4 is 5.69 Å². The van der Waals surface area contributed by atoms with E-state index < -0.39 is 11.7 Å². The zero-order chi connectivity index (χ0) is 26.5. The third-order valence-corrected chi connectivity index (χ3v) is 6.42. The highest BCUT2D eigenvalue weighted by molar-refractivity contribution is 5.74. The molecule has 5 rings (SSSR count). The first kappa shape index (κ1) is 24.5. The molecule has 0 saturated heterocycles. The number of aryl methyl sites for hydroxylation is 2. The van der Waals surface area contributed by atoms with E-state index in [0.29, 0.717) is 28.5 Å². The summed E-state index contributed by atoms with van der Waals surface area (Å²) >= 11 is 0. The van der Waals surface area contributed by atoms with Crippen molar-refractivity contribution in [1.29, 1.82) is 0 Å². The standard InChI is InChI=1S/C27H27F2N7O/c1-16(2)19-8-6-7-9-20(19)23-30-14-21-24(31-23)36(26(37)34(21)4)15-17-10-12-18(13-11-17)22-32-25(27(3,28)29)35(5)33-22/h6-14,16H,15H2,1-5H3. The van der Waals surface area contributed by atoms with Crippen LogP contribution in [0.1, 0.15) is 43.6 Å². The highest BCUT2D eigenvalue weighted by Crippen LogP contribution is 2.29. The normalized spacial score (nSPS) is 12.1. The van der Waals surface area contributed by atoms with Crippen LogP contribution in [0.25, 0.3) is 33.9 Å². The molecular formula is C27H27F2N7O. The Hall–Kier alpha value is -4.21. The van der Waals surface area contributed by atoms with Crippen LogP contribution in [-0.2, 0) is 26.6 Å². The molecule has 3 heterocycles. The summed E-state index contributed by atoms with van der Waals surface area (Å²) in [7, 11) is 3.14. The Morgan fingerprint density at radius 3 is 2.32 bits per heavy atom. The molecular weight excluding hydrogens is 476 g/mol. The average Bonchev–Trinajstić information content (AvgIpc) is 3.38. The van der Waals surface area contributed by atoms with E-state index >= 15 is 0 Å². The fourth-order valence-corrected chi connectivity index (χ4v) is 4.48. The van der Waals surface area contributed by atoms with Crippen LogP contribution in [0.2, 0.25) is 0 Å². The maximum absolute atomic E-state index is 13.7. The van der Waals surface area contributed by atoms with E-state index in [9.17, 15) is 13.6 Å². The molecule has 8 nitrogen and oxygen atoms in total. The van der Waals surface area contributed by atoms with Crippen LogP contribution in [0.4, 0.5) is 8.78 Å². The Labute approximate surface area is 212 Å². The first-order valence-corrected chi connectivity index (χ1v) is 11.9. The first-order chi connectivity index (χ1) is 17.5. The quantitative estimate of drug-likeness (QED) is 0.330. The van der Waals surface area contributed by atoms with Gasteiger partial charge in [0, 0.05) is 32.1 Å². The molecule has 0 saturated carbocycles. The fourth-order valence-electron chi connectivity index (χ4n) is 4.48. The summed E-state index contributed by atoms with van der Waals surface area (Å²) < 4.78 is 31.7. The van der Waals surface area contributed by atoms with Gasteiger partial charge in [0.15, 0.2) is 23.1 Å². The van der Waals surface area contributed by atoms with Crippen LogP contribution in [0.15, 0.2) is 59.5 Å². The first-order valence-electron chi connectivity index (χ1n) is 11.9. The van der Waals surface area contributed by atoms with Gasteiger partial charge in [-0.2, -0.15) is 13.9 Å². The predicted molar refractivity (Wildman–Crippen MR) is 137 cm³/mol. The molecule has 0 N–H and O–H groups in total. The zero-order valence-electron chi connectivity index (χ0n) is 21.3. The number of hydrogen-bond acceptors (Lipinski definition) is 5. The van der Waals surface area contributed by atoms with Gasteiger partial charge < -0.3 is 0 Å². The second-order valence-corrected chi connectivity index (χ2v) is 9.54. The van der Waals surface area contributed by atoms with Crippen molar-refractivity contribution >= 4 is 11.2 Å². The summed E-state index contributed by atoms with van der Waals surface area (Å²) in [6.07, 6.45) is 1.68. The number of nitrogens with zero attached hydrogens (tertiary/aromatic N) is 7. The Kier molecular flexibility index (Phi) is 5.97. The number of fused-ring (bicyclic) bond motifs is 1. The zero-order valence-corrected chi connectivity index (χ0v) is 21.3. The maximum Gasteiger partial charge on any atom is 0.330 e. The third-order valence-electron chi connectivity index (χ3n) is 6.42. The third kappa shape index (κ3) is 4.43. The summed E-state index contributed by atoms with van der Waals surface area (Å²) in [5, 5.41) is 4.13. The van der Waals surface area contributed by atoms with Crippen molar-refractivity contribution in [1.82, 2.24) is 33.9 Å². The minimum Gasteiger partial charge on any atom is -0.292 e. The summed E-state index contributed by atoms with van der Waals surface area (Å²) in [5.74, 6) is -2.42. The van der Waals surface area contributed by atoms with Crippen molar-refractivity contribution in [3.05, 3.63) is 82.2 Å². The number of hydrogen-bond donors (Lipinski definition) is 0. The predicted octanol–water partition coefficient (Wildman–Crippen LogP) is 4.88. The lowest BCUT2D eigenvalue weighted by molar-refractivity contribution is 0.00410. The van der Waals surface area contributed by atoms with Gasteiger partial charge in [-0.15, -0.1) is 0 Å². The highest BCUT2D eigenvalue weighted by Gasteiger charge is 2.31. The molecule has 0 atom stereocenters. The van der Waals surface area contributed by atoms with Crippen molar-refractivity contribution in [2.75, 3.05) is 0 Å². The second kappa shape index (κ2) is 9.02. The van der Waals surface area contributed by atoms with Crippen molar-refractivity contribution < 1.29 is 8.78 Å². The lowest BCUT2D eigenvalue weighted by Crippen LogP contribution is -2.22. The molecule has 0 amide bonds. The molecule has 0 fully saturated rings. The van der Waals surface area contributed by atoms with Crippen LogP contribution in [0, 0.1) is 0 Å². The number of benzene rings is 2. The molecule has 0 radical (unpaired) electrons. The van der Waals surface area contributed by atoms with Gasteiger partial charge in [-0.1, -0.05) is 62.4 Å². The number of imidazole rings is 1. The molecule has 0 bridgehead atoms. The average molecular weight is 504 g/mol. The molecule has 0 aliphatic rings. The molecule has 5 aromatic rings. The monoisotopic (exact) mass is 503 g/mol. The minimum absolute atomic E-state index is 0.205. The topological polar surface area (TPSA) is 83.4 Å².